The Morgan fingerprint density at radius 3 is 2.16 bits per heavy atom. The molecule has 3 rings (SSSR count). The molecule has 0 saturated carbocycles. The summed E-state index contributed by atoms with van der Waals surface area (Å²) in [7, 11) is 0. The Balaban J connectivity index is 1.27. The maximum atomic E-state index is 12.6. The minimum atomic E-state index is -0.185. The highest BCUT2D eigenvalue weighted by molar-refractivity contribution is 7.07. The molecule has 0 aliphatic heterocycles. The van der Waals surface area contributed by atoms with Gasteiger partial charge in [-0.05, 0) is 24.6 Å². The number of amides is 1. The SMILES string of the molecule is CCCCCCCCCCCCCCOc1cccc(OCC(=O)Nc2ccccc2C[n+]2ccsc2)c1. The number of carbonyl (C=O) groups excluding carboxylic acids is 1. The number of carbonyl (C=O) groups is 1. The summed E-state index contributed by atoms with van der Waals surface area (Å²) >= 11 is 1.64. The summed E-state index contributed by atoms with van der Waals surface area (Å²) < 4.78 is 13.8. The topological polar surface area (TPSA) is 51.4 Å². The number of nitrogens with one attached hydrogen (secondary N) is 1. The summed E-state index contributed by atoms with van der Waals surface area (Å²) in [6, 6.07) is 15.4. The molecule has 0 fully saturated rings. The van der Waals surface area contributed by atoms with Gasteiger partial charge in [-0.2, -0.15) is 4.57 Å². The predicted octanol–water partition coefficient (Wildman–Crippen LogP) is 8.18. The second-order valence-corrected chi connectivity index (χ2v) is 10.7. The van der Waals surface area contributed by atoms with Crippen LogP contribution in [0.25, 0.3) is 0 Å². The van der Waals surface area contributed by atoms with Crippen LogP contribution >= 0.6 is 11.3 Å². The summed E-state index contributed by atoms with van der Waals surface area (Å²) in [4.78, 5) is 12.6. The van der Waals surface area contributed by atoms with Crippen LogP contribution in [0.4, 0.5) is 5.69 Å². The summed E-state index contributed by atoms with van der Waals surface area (Å²) in [6.45, 7) is 3.64. The van der Waals surface area contributed by atoms with Gasteiger partial charge in [0.2, 0.25) is 5.51 Å². The van der Waals surface area contributed by atoms with Gasteiger partial charge >= 0.3 is 0 Å². The van der Waals surface area contributed by atoms with Crippen LogP contribution in [-0.2, 0) is 11.3 Å². The minimum Gasteiger partial charge on any atom is -0.493 e. The smallest absolute Gasteiger partial charge is 0.262 e. The molecule has 206 valence electrons. The second-order valence-electron chi connectivity index (χ2n) is 9.91. The van der Waals surface area contributed by atoms with Crippen molar-refractivity contribution in [2.45, 2.75) is 90.5 Å². The number of anilines is 1. The fourth-order valence-corrected chi connectivity index (χ4v) is 5.05. The van der Waals surface area contributed by atoms with Crippen molar-refractivity contribution in [1.29, 1.82) is 0 Å². The molecule has 0 aliphatic rings. The maximum Gasteiger partial charge on any atom is 0.262 e. The van der Waals surface area contributed by atoms with Crippen molar-refractivity contribution in [1.82, 2.24) is 0 Å². The molecule has 1 amide bonds. The monoisotopic (exact) mass is 537 g/mol. The Morgan fingerprint density at radius 2 is 1.47 bits per heavy atom. The first kappa shape index (κ1) is 29.7. The molecule has 2 aromatic carbocycles. The van der Waals surface area contributed by atoms with E-state index < -0.39 is 0 Å². The Hall–Kier alpha value is -2.86. The Labute approximate surface area is 233 Å². The quantitative estimate of drug-likeness (QED) is 0.117. The lowest BCUT2D eigenvalue weighted by Gasteiger charge is -2.11. The van der Waals surface area contributed by atoms with E-state index in [0.717, 1.165) is 23.4 Å². The van der Waals surface area contributed by atoms with Gasteiger partial charge in [0.15, 0.2) is 19.3 Å². The summed E-state index contributed by atoms with van der Waals surface area (Å²) in [5.41, 5.74) is 3.91. The fraction of sp³-hybridized carbons (Fsp3) is 0.500. The zero-order valence-corrected chi connectivity index (χ0v) is 23.9. The molecule has 5 nitrogen and oxygen atoms in total. The molecule has 1 aromatic heterocycles. The third kappa shape index (κ3) is 12.1. The molecule has 0 atom stereocenters. The molecule has 1 N–H and O–H groups in total. The number of thiazole rings is 1. The zero-order chi connectivity index (χ0) is 26.7. The van der Waals surface area contributed by atoms with Gasteiger partial charge in [-0.25, -0.2) is 0 Å². The van der Waals surface area contributed by atoms with Crippen LogP contribution in [0.15, 0.2) is 65.6 Å². The molecular weight excluding hydrogens is 492 g/mol. The first-order valence-electron chi connectivity index (χ1n) is 14.4. The predicted molar refractivity (Wildman–Crippen MR) is 157 cm³/mol. The van der Waals surface area contributed by atoms with Gasteiger partial charge in [0.1, 0.15) is 11.5 Å². The van der Waals surface area contributed by atoms with Crippen LogP contribution in [0, 0.1) is 0 Å². The highest BCUT2D eigenvalue weighted by atomic mass is 32.1. The van der Waals surface area contributed by atoms with Crippen molar-refractivity contribution in [2.75, 3.05) is 18.5 Å². The van der Waals surface area contributed by atoms with E-state index >= 15 is 0 Å². The van der Waals surface area contributed by atoms with Crippen LogP contribution in [-0.4, -0.2) is 19.1 Å². The van der Waals surface area contributed by atoms with Crippen molar-refractivity contribution < 1.29 is 18.8 Å². The molecule has 0 aliphatic carbocycles. The number of ether oxygens (including phenoxy) is 2. The maximum absolute atomic E-state index is 12.6. The number of unbranched alkanes of at least 4 members (excludes halogenated alkanes) is 11. The molecule has 38 heavy (non-hydrogen) atoms. The van der Waals surface area contributed by atoms with Crippen molar-refractivity contribution in [3.05, 3.63) is 71.2 Å². The number of hydrogen-bond acceptors (Lipinski definition) is 4. The zero-order valence-electron chi connectivity index (χ0n) is 23.0. The Morgan fingerprint density at radius 1 is 0.816 bits per heavy atom. The molecular formula is C32H45N2O3S+. The van der Waals surface area contributed by atoms with Crippen LogP contribution < -0.4 is 19.4 Å². The normalized spacial score (nSPS) is 10.9. The average Bonchev–Trinajstić information content (AvgIpc) is 3.45. The number of benzene rings is 2. The van der Waals surface area contributed by atoms with E-state index in [2.05, 4.69) is 22.3 Å². The van der Waals surface area contributed by atoms with Gasteiger partial charge in [-0.3, -0.25) is 4.79 Å². The van der Waals surface area contributed by atoms with Crippen LogP contribution in [0.1, 0.15) is 89.5 Å². The molecule has 0 radical (unpaired) electrons. The second kappa shape index (κ2) is 18.4. The van der Waals surface area contributed by atoms with Crippen molar-refractivity contribution in [3.63, 3.8) is 0 Å². The molecule has 0 spiro atoms. The molecule has 6 heteroatoms. The summed E-state index contributed by atoms with van der Waals surface area (Å²) in [5, 5.41) is 5.02. The van der Waals surface area contributed by atoms with Crippen molar-refractivity contribution in [3.8, 4) is 11.5 Å². The van der Waals surface area contributed by atoms with E-state index in [-0.39, 0.29) is 12.5 Å². The largest absolute Gasteiger partial charge is 0.493 e. The molecule has 1 heterocycles. The average molecular weight is 538 g/mol. The number of hydrogen-bond donors (Lipinski definition) is 1. The van der Waals surface area contributed by atoms with Crippen LogP contribution in [0.3, 0.4) is 0 Å². The van der Waals surface area contributed by atoms with E-state index in [1.54, 1.807) is 11.3 Å². The lowest BCUT2D eigenvalue weighted by molar-refractivity contribution is -0.683. The number of rotatable bonds is 20. The van der Waals surface area contributed by atoms with E-state index in [1.807, 2.05) is 60.1 Å². The number of para-hydroxylation sites is 1. The lowest BCUT2D eigenvalue weighted by Crippen LogP contribution is -2.31. The third-order valence-electron chi connectivity index (χ3n) is 6.61. The number of nitrogens with zero attached hydrogens (tertiary/aromatic N) is 1. The van der Waals surface area contributed by atoms with Gasteiger partial charge in [0.25, 0.3) is 5.91 Å². The highest BCUT2D eigenvalue weighted by Gasteiger charge is 2.11. The van der Waals surface area contributed by atoms with Gasteiger partial charge < -0.3 is 14.8 Å². The van der Waals surface area contributed by atoms with Crippen LogP contribution in [0.2, 0.25) is 0 Å². The van der Waals surface area contributed by atoms with Gasteiger partial charge in [-0.1, -0.05) is 113 Å². The Bertz CT molecular complexity index is 1040. The van der Waals surface area contributed by atoms with Gasteiger partial charge in [0.05, 0.1) is 17.7 Å². The lowest BCUT2D eigenvalue weighted by atomic mass is 10.1. The highest BCUT2D eigenvalue weighted by Crippen LogP contribution is 2.21. The number of aromatic nitrogens is 1. The van der Waals surface area contributed by atoms with E-state index in [9.17, 15) is 4.79 Å². The third-order valence-corrected chi connectivity index (χ3v) is 7.28. The molecule has 0 unspecified atom stereocenters. The summed E-state index contributed by atoms with van der Waals surface area (Å²) in [5.74, 6) is 1.23. The van der Waals surface area contributed by atoms with E-state index in [4.69, 9.17) is 9.47 Å². The van der Waals surface area contributed by atoms with Crippen LogP contribution in [0.5, 0.6) is 11.5 Å². The summed E-state index contributed by atoms with van der Waals surface area (Å²) in [6.07, 6.45) is 18.0. The van der Waals surface area contributed by atoms with Gasteiger partial charge in [-0.15, -0.1) is 0 Å². The van der Waals surface area contributed by atoms with Gasteiger partial charge in [0, 0.05) is 11.6 Å². The molecule has 0 saturated heterocycles. The first-order valence-corrected chi connectivity index (χ1v) is 15.3. The standard InChI is InChI=1S/C32H44N2O3S/c1-2-3-4-5-6-7-8-9-10-11-12-15-22-36-29-18-16-19-30(24-29)37-26-32(35)33-31-20-14-13-17-28(31)25-34-21-23-38-27-34/h13-14,16-21,23-24,27H,2-12,15,22,25-26H2,1H3/p+1. The molecule has 0 bridgehead atoms. The molecule has 3 aromatic rings. The van der Waals surface area contributed by atoms with Crippen molar-refractivity contribution >= 4 is 22.9 Å². The first-order chi connectivity index (χ1) is 18.7. The fourth-order valence-electron chi connectivity index (χ4n) is 4.45. The van der Waals surface area contributed by atoms with E-state index in [0.29, 0.717) is 18.9 Å². The van der Waals surface area contributed by atoms with Crippen molar-refractivity contribution in [2.24, 2.45) is 0 Å². The minimum absolute atomic E-state index is 0.0535. The Kier molecular flexibility index (Phi) is 14.4. The van der Waals surface area contributed by atoms with E-state index in [1.165, 1.54) is 70.6 Å².